The van der Waals surface area contributed by atoms with E-state index >= 15 is 0 Å². The number of rotatable bonds is 5. The summed E-state index contributed by atoms with van der Waals surface area (Å²) < 4.78 is 28.6. The fourth-order valence-electron chi connectivity index (χ4n) is 3.42. The first-order valence-corrected chi connectivity index (χ1v) is 10.6. The molecule has 1 amide bonds. The quantitative estimate of drug-likeness (QED) is 0.525. The lowest BCUT2D eigenvalue weighted by Gasteiger charge is -2.34. The maximum Gasteiger partial charge on any atom is 0.270 e. The first-order chi connectivity index (χ1) is 13.6. The first kappa shape index (κ1) is 20.9. The summed E-state index contributed by atoms with van der Waals surface area (Å²) in [6, 6.07) is 5.00. The summed E-state index contributed by atoms with van der Waals surface area (Å²) in [7, 11) is -2.03. The second-order valence-corrected chi connectivity index (χ2v) is 8.93. The van der Waals surface area contributed by atoms with E-state index in [1.54, 1.807) is 9.58 Å². The van der Waals surface area contributed by atoms with Gasteiger partial charge in [-0.2, -0.15) is 9.40 Å². The number of hydrogen-bond donors (Lipinski definition) is 0. The minimum absolute atomic E-state index is 0.0726. The van der Waals surface area contributed by atoms with Crippen molar-refractivity contribution in [2.24, 2.45) is 7.05 Å². The Kier molecular flexibility index (Phi) is 5.71. The number of carbonyl (C=O) groups excluding carboxylic acids is 1. The van der Waals surface area contributed by atoms with Gasteiger partial charge >= 0.3 is 0 Å². The van der Waals surface area contributed by atoms with Gasteiger partial charge in [0.2, 0.25) is 15.9 Å². The van der Waals surface area contributed by atoms with E-state index in [1.165, 1.54) is 22.5 Å². The Morgan fingerprint density at radius 2 is 1.86 bits per heavy atom. The van der Waals surface area contributed by atoms with E-state index in [9.17, 15) is 23.3 Å². The fraction of sp³-hybridized carbons (Fsp3) is 0.444. The Morgan fingerprint density at radius 1 is 1.21 bits per heavy atom. The zero-order valence-corrected chi connectivity index (χ0v) is 17.3. The standard InChI is InChI=1S/C18H23N5O5S/c1-13-17(14(2)20(3)19-13)12-18(24)21-7-9-22(10-8-21)29(27,28)16-6-4-5-15(11-16)23(25)26/h4-6,11H,7-10,12H2,1-3H3. The molecule has 1 fully saturated rings. The van der Waals surface area contributed by atoms with E-state index in [4.69, 9.17) is 0 Å². The summed E-state index contributed by atoms with van der Waals surface area (Å²) in [6.45, 7) is 4.59. The number of sulfonamides is 1. The van der Waals surface area contributed by atoms with Gasteiger partial charge in [0.05, 0.1) is 21.9 Å². The Morgan fingerprint density at radius 3 is 2.41 bits per heavy atom. The molecule has 0 radical (unpaired) electrons. The highest BCUT2D eigenvalue weighted by atomic mass is 32.2. The molecular formula is C18H23N5O5S. The van der Waals surface area contributed by atoms with Gasteiger partial charge in [0.1, 0.15) is 0 Å². The number of amides is 1. The van der Waals surface area contributed by atoms with Crippen LogP contribution in [0, 0.1) is 24.0 Å². The SMILES string of the molecule is Cc1nn(C)c(C)c1CC(=O)N1CCN(S(=O)(=O)c2cccc([N+](=O)[O-])c2)CC1. The molecule has 0 atom stereocenters. The van der Waals surface area contributed by atoms with Crippen molar-refractivity contribution in [1.29, 1.82) is 0 Å². The zero-order valence-electron chi connectivity index (χ0n) is 16.5. The van der Waals surface area contributed by atoms with Gasteiger partial charge in [-0.25, -0.2) is 8.42 Å². The van der Waals surface area contributed by atoms with Gasteiger partial charge in [-0.05, 0) is 19.9 Å². The molecule has 1 aromatic carbocycles. The first-order valence-electron chi connectivity index (χ1n) is 9.12. The normalized spacial score (nSPS) is 15.5. The average Bonchev–Trinajstić information content (AvgIpc) is 2.94. The summed E-state index contributed by atoms with van der Waals surface area (Å²) >= 11 is 0. The smallest absolute Gasteiger partial charge is 0.270 e. The average molecular weight is 421 g/mol. The van der Waals surface area contributed by atoms with E-state index in [-0.39, 0.29) is 49.1 Å². The maximum atomic E-state index is 12.8. The van der Waals surface area contributed by atoms with Crippen molar-refractivity contribution in [3.05, 3.63) is 51.3 Å². The number of piperazine rings is 1. The Hall–Kier alpha value is -2.79. The number of aryl methyl sites for hydroxylation is 2. The van der Waals surface area contributed by atoms with Gasteiger partial charge in [0.15, 0.2) is 0 Å². The minimum Gasteiger partial charge on any atom is -0.340 e. The molecule has 1 aliphatic heterocycles. The van der Waals surface area contributed by atoms with Gasteiger partial charge < -0.3 is 4.90 Å². The topological polar surface area (TPSA) is 119 Å². The molecule has 2 aromatic rings. The molecule has 2 heterocycles. The number of aromatic nitrogens is 2. The molecule has 0 aliphatic carbocycles. The molecule has 0 unspecified atom stereocenters. The highest BCUT2D eigenvalue weighted by Crippen LogP contribution is 2.22. The molecule has 1 saturated heterocycles. The second kappa shape index (κ2) is 7.91. The van der Waals surface area contributed by atoms with Gasteiger partial charge in [-0.1, -0.05) is 6.07 Å². The Bertz CT molecular complexity index is 1050. The molecule has 156 valence electrons. The molecule has 11 heteroatoms. The third kappa shape index (κ3) is 4.15. The summed E-state index contributed by atoms with van der Waals surface area (Å²) in [6.07, 6.45) is 0.225. The molecular weight excluding hydrogens is 398 g/mol. The van der Waals surface area contributed by atoms with Crippen LogP contribution in [0.4, 0.5) is 5.69 Å². The number of benzene rings is 1. The van der Waals surface area contributed by atoms with Crippen molar-refractivity contribution >= 4 is 21.6 Å². The highest BCUT2D eigenvalue weighted by molar-refractivity contribution is 7.89. The van der Waals surface area contributed by atoms with Crippen LogP contribution in [0.15, 0.2) is 29.2 Å². The lowest BCUT2D eigenvalue weighted by molar-refractivity contribution is -0.385. The Balaban J connectivity index is 1.67. The van der Waals surface area contributed by atoms with E-state index in [1.807, 2.05) is 20.9 Å². The third-order valence-electron chi connectivity index (χ3n) is 5.24. The predicted octanol–water partition coefficient (Wildman–Crippen LogP) is 1.02. The number of nitrogens with zero attached hydrogens (tertiary/aromatic N) is 5. The van der Waals surface area contributed by atoms with Gasteiger partial charge in [-0.3, -0.25) is 19.6 Å². The zero-order chi connectivity index (χ0) is 21.3. The van der Waals surface area contributed by atoms with Crippen molar-refractivity contribution < 1.29 is 18.1 Å². The maximum absolute atomic E-state index is 12.8. The minimum atomic E-state index is -3.86. The molecule has 1 aliphatic rings. The number of hydrogen-bond acceptors (Lipinski definition) is 6. The van der Waals surface area contributed by atoms with Crippen LogP contribution in [0.5, 0.6) is 0 Å². The number of nitro groups is 1. The number of nitro benzene ring substituents is 1. The van der Waals surface area contributed by atoms with Crippen molar-refractivity contribution in [2.75, 3.05) is 26.2 Å². The van der Waals surface area contributed by atoms with E-state index in [0.717, 1.165) is 23.0 Å². The van der Waals surface area contributed by atoms with Gasteiger partial charge in [0.25, 0.3) is 5.69 Å². The van der Waals surface area contributed by atoms with Crippen molar-refractivity contribution in [1.82, 2.24) is 19.0 Å². The Labute approximate surface area is 168 Å². The highest BCUT2D eigenvalue weighted by Gasteiger charge is 2.31. The molecule has 3 rings (SSSR count). The largest absolute Gasteiger partial charge is 0.340 e. The van der Waals surface area contributed by atoms with Crippen LogP contribution >= 0.6 is 0 Å². The van der Waals surface area contributed by atoms with E-state index in [2.05, 4.69) is 5.10 Å². The van der Waals surface area contributed by atoms with Gasteiger partial charge in [-0.15, -0.1) is 0 Å². The van der Waals surface area contributed by atoms with Crippen LogP contribution in [0.3, 0.4) is 0 Å². The predicted molar refractivity (Wildman–Crippen MR) is 105 cm³/mol. The number of carbonyl (C=O) groups is 1. The summed E-state index contributed by atoms with van der Waals surface area (Å²) in [4.78, 5) is 24.5. The van der Waals surface area contributed by atoms with Crippen LogP contribution in [0.25, 0.3) is 0 Å². The third-order valence-corrected chi connectivity index (χ3v) is 7.14. The van der Waals surface area contributed by atoms with Crippen LogP contribution in [-0.2, 0) is 28.3 Å². The summed E-state index contributed by atoms with van der Waals surface area (Å²) in [5.41, 5.74) is 2.36. The van der Waals surface area contributed by atoms with Crippen LogP contribution < -0.4 is 0 Å². The molecule has 0 saturated carbocycles. The number of non-ortho nitro benzene ring substituents is 1. The van der Waals surface area contributed by atoms with Crippen LogP contribution in [0.2, 0.25) is 0 Å². The van der Waals surface area contributed by atoms with Crippen molar-refractivity contribution in [3.8, 4) is 0 Å². The van der Waals surface area contributed by atoms with Crippen LogP contribution in [0.1, 0.15) is 17.0 Å². The second-order valence-electron chi connectivity index (χ2n) is 6.99. The molecule has 29 heavy (non-hydrogen) atoms. The fourth-order valence-corrected chi connectivity index (χ4v) is 4.88. The molecule has 0 bridgehead atoms. The van der Waals surface area contributed by atoms with Crippen LogP contribution in [-0.4, -0.2) is 64.4 Å². The summed E-state index contributed by atoms with van der Waals surface area (Å²) in [5, 5.41) is 15.2. The lowest BCUT2D eigenvalue weighted by Crippen LogP contribution is -2.50. The molecule has 0 N–H and O–H groups in total. The van der Waals surface area contributed by atoms with E-state index < -0.39 is 14.9 Å². The molecule has 1 aromatic heterocycles. The monoisotopic (exact) mass is 421 g/mol. The van der Waals surface area contributed by atoms with E-state index in [0.29, 0.717) is 0 Å². The lowest BCUT2D eigenvalue weighted by atomic mass is 10.1. The van der Waals surface area contributed by atoms with Gasteiger partial charge in [0, 0.05) is 56.6 Å². The van der Waals surface area contributed by atoms with Crippen molar-refractivity contribution in [3.63, 3.8) is 0 Å². The summed E-state index contributed by atoms with van der Waals surface area (Å²) in [5.74, 6) is -0.0726. The van der Waals surface area contributed by atoms with Crippen molar-refractivity contribution in [2.45, 2.75) is 25.2 Å². The molecule has 10 nitrogen and oxygen atoms in total. The molecule has 0 spiro atoms.